The number of hydrogen-bond donors (Lipinski definition) is 0. The van der Waals surface area contributed by atoms with Crippen molar-refractivity contribution in [1.82, 2.24) is 4.98 Å². The molecular weight excluding hydrogens is 234 g/mol. The maximum atomic E-state index is 11.6. The number of esters is 1. The highest BCUT2D eigenvalue weighted by molar-refractivity contribution is 5.90. The van der Waals surface area contributed by atoms with E-state index < -0.39 is 5.97 Å². The molecule has 1 aromatic heterocycles. The van der Waals surface area contributed by atoms with E-state index in [1.54, 1.807) is 13.3 Å². The average molecular weight is 251 g/mol. The predicted molar refractivity (Wildman–Crippen MR) is 64.9 cm³/mol. The zero-order valence-electron chi connectivity index (χ0n) is 10.6. The maximum Gasteiger partial charge on any atom is 0.360 e. The SMILES string of the molecule is COCCOc1cc(C2CC2)cnc1C(=O)OC. The average Bonchev–Trinajstić information content (AvgIpc) is 3.22. The highest BCUT2D eigenvalue weighted by atomic mass is 16.5. The van der Waals surface area contributed by atoms with Crippen LogP contribution < -0.4 is 4.74 Å². The van der Waals surface area contributed by atoms with Crippen molar-refractivity contribution in [2.75, 3.05) is 27.4 Å². The van der Waals surface area contributed by atoms with Crippen LogP contribution in [0.5, 0.6) is 5.75 Å². The molecule has 0 bridgehead atoms. The lowest BCUT2D eigenvalue weighted by molar-refractivity contribution is 0.0586. The largest absolute Gasteiger partial charge is 0.489 e. The summed E-state index contributed by atoms with van der Waals surface area (Å²) >= 11 is 0. The molecular formula is C13H17NO4. The molecule has 0 saturated heterocycles. The lowest BCUT2D eigenvalue weighted by Crippen LogP contribution is -2.11. The van der Waals surface area contributed by atoms with E-state index in [9.17, 15) is 4.79 Å². The number of carbonyl (C=O) groups is 1. The van der Waals surface area contributed by atoms with Crippen molar-refractivity contribution in [3.63, 3.8) is 0 Å². The van der Waals surface area contributed by atoms with Crippen molar-refractivity contribution >= 4 is 5.97 Å². The minimum atomic E-state index is -0.482. The lowest BCUT2D eigenvalue weighted by Gasteiger charge is -2.10. The summed E-state index contributed by atoms with van der Waals surface area (Å²) in [5.74, 6) is 0.557. The van der Waals surface area contributed by atoms with Gasteiger partial charge in [0, 0.05) is 13.3 Å². The number of pyridine rings is 1. The Labute approximate surface area is 106 Å². The van der Waals surface area contributed by atoms with Gasteiger partial charge in [0.15, 0.2) is 11.4 Å². The van der Waals surface area contributed by atoms with Crippen molar-refractivity contribution in [2.24, 2.45) is 0 Å². The van der Waals surface area contributed by atoms with Crippen molar-refractivity contribution in [1.29, 1.82) is 0 Å². The molecule has 0 aliphatic heterocycles. The van der Waals surface area contributed by atoms with Gasteiger partial charge in [0.25, 0.3) is 0 Å². The predicted octanol–water partition coefficient (Wildman–Crippen LogP) is 1.77. The monoisotopic (exact) mass is 251 g/mol. The highest BCUT2D eigenvalue weighted by Gasteiger charge is 2.26. The Hall–Kier alpha value is -1.62. The first kappa shape index (κ1) is 12.8. The molecule has 5 heteroatoms. The van der Waals surface area contributed by atoms with Crippen LogP contribution in [-0.2, 0) is 9.47 Å². The maximum absolute atomic E-state index is 11.6. The number of methoxy groups -OCH3 is 2. The van der Waals surface area contributed by atoms with Crippen LogP contribution in [0.2, 0.25) is 0 Å². The standard InChI is InChI=1S/C13H17NO4/c1-16-5-6-18-11-7-10(9-3-4-9)8-14-12(11)13(15)17-2/h7-9H,3-6H2,1-2H3. The van der Waals surface area contributed by atoms with E-state index in [1.807, 2.05) is 6.07 Å². The Bertz CT molecular complexity index is 429. The van der Waals surface area contributed by atoms with Crippen molar-refractivity contribution in [2.45, 2.75) is 18.8 Å². The molecule has 0 N–H and O–H groups in total. The molecule has 18 heavy (non-hydrogen) atoms. The smallest absolute Gasteiger partial charge is 0.360 e. The minimum absolute atomic E-state index is 0.220. The van der Waals surface area contributed by atoms with Gasteiger partial charge in [-0.2, -0.15) is 0 Å². The first-order chi connectivity index (χ1) is 8.76. The minimum Gasteiger partial charge on any atom is -0.489 e. The summed E-state index contributed by atoms with van der Waals surface area (Å²) in [6.45, 7) is 0.852. The lowest BCUT2D eigenvalue weighted by atomic mass is 10.1. The Kier molecular flexibility index (Phi) is 4.15. The van der Waals surface area contributed by atoms with E-state index in [0.717, 1.165) is 5.56 Å². The summed E-state index contributed by atoms with van der Waals surface area (Å²) < 4.78 is 15.1. The molecule has 5 nitrogen and oxygen atoms in total. The van der Waals surface area contributed by atoms with Crippen LogP contribution in [0.15, 0.2) is 12.3 Å². The molecule has 2 rings (SSSR count). The van der Waals surface area contributed by atoms with Crippen LogP contribution in [0.4, 0.5) is 0 Å². The van der Waals surface area contributed by atoms with E-state index in [1.165, 1.54) is 20.0 Å². The number of aromatic nitrogens is 1. The zero-order chi connectivity index (χ0) is 13.0. The quantitative estimate of drug-likeness (QED) is 0.569. The highest BCUT2D eigenvalue weighted by Crippen LogP contribution is 2.41. The molecule has 1 heterocycles. The summed E-state index contributed by atoms with van der Waals surface area (Å²) in [7, 11) is 2.93. The Morgan fingerprint density at radius 2 is 2.17 bits per heavy atom. The third kappa shape index (κ3) is 2.98. The number of hydrogen-bond acceptors (Lipinski definition) is 5. The van der Waals surface area contributed by atoms with Gasteiger partial charge >= 0.3 is 5.97 Å². The van der Waals surface area contributed by atoms with Gasteiger partial charge in [-0.05, 0) is 30.4 Å². The van der Waals surface area contributed by atoms with Gasteiger partial charge in [0.05, 0.1) is 13.7 Å². The molecule has 0 atom stereocenters. The number of ether oxygens (including phenoxy) is 3. The van der Waals surface area contributed by atoms with Gasteiger partial charge in [0.1, 0.15) is 6.61 Å². The summed E-state index contributed by atoms with van der Waals surface area (Å²) in [5, 5.41) is 0. The molecule has 1 aliphatic carbocycles. The molecule has 0 radical (unpaired) electrons. The van der Waals surface area contributed by atoms with Crippen LogP contribution in [0.25, 0.3) is 0 Å². The molecule has 1 aliphatic rings. The summed E-state index contributed by atoms with van der Waals surface area (Å²) in [4.78, 5) is 15.7. The van der Waals surface area contributed by atoms with Crippen LogP contribution >= 0.6 is 0 Å². The Balaban J connectivity index is 2.18. The second kappa shape index (κ2) is 5.82. The van der Waals surface area contributed by atoms with Gasteiger partial charge < -0.3 is 14.2 Å². The van der Waals surface area contributed by atoms with Gasteiger partial charge in [-0.3, -0.25) is 0 Å². The molecule has 0 amide bonds. The van der Waals surface area contributed by atoms with Gasteiger partial charge in [-0.25, -0.2) is 9.78 Å². The van der Waals surface area contributed by atoms with Gasteiger partial charge in [-0.1, -0.05) is 0 Å². The van der Waals surface area contributed by atoms with Crippen molar-refractivity contribution in [3.8, 4) is 5.75 Å². The second-order valence-corrected chi connectivity index (χ2v) is 4.22. The fourth-order valence-corrected chi connectivity index (χ4v) is 1.69. The fourth-order valence-electron chi connectivity index (χ4n) is 1.69. The summed E-state index contributed by atoms with van der Waals surface area (Å²) in [5.41, 5.74) is 1.34. The molecule has 0 unspecified atom stereocenters. The number of nitrogens with zero attached hydrogens (tertiary/aromatic N) is 1. The Morgan fingerprint density at radius 3 is 2.78 bits per heavy atom. The van der Waals surface area contributed by atoms with Gasteiger partial charge in [0.2, 0.25) is 0 Å². The third-order valence-corrected chi connectivity index (χ3v) is 2.85. The van der Waals surface area contributed by atoms with E-state index in [0.29, 0.717) is 24.9 Å². The van der Waals surface area contributed by atoms with E-state index in [4.69, 9.17) is 9.47 Å². The Morgan fingerprint density at radius 1 is 1.39 bits per heavy atom. The molecule has 0 spiro atoms. The first-order valence-electron chi connectivity index (χ1n) is 5.96. The second-order valence-electron chi connectivity index (χ2n) is 4.22. The normalized spacial score (nSPS) is 14.3. The number of carbonyl (C=O) groups excluding carboxylic acids is 1. The molecule has 0 aromatic carbocycles. The fraction of sp³-hybridized carbons (Fsp3) is 0.538. The van der Waals surface area contributed by atoms with Crippen LogP contribution in [0.1, 0.15) is 34.8 Å². The zero-order valence-corrected chi connectivity index (χ0v) is 10.6. The first-order valence-corrected chi connectivity index (χ1v) is 5.96. The third-order valence-electron chi connectivity index (χ3n) is 2.85. The van der Waals surface area contributed by atoms with Crippen molar-refractivity contribution < 1.29 is 19.0 Å². The molecule has 98 valence electrons. The topological polar surface area (TPSA) is 57.7 Å². The number of rotatable bonds is 6. The van der Waals surface area contributed by atoms with E-state index >= 15 is 0 Å². The van der Waals surface area contributed by atoms with Crippen LogP contribution in [0, 0.1) is 0 Å². The molecule has 1 saturated carbocycles. The van der Waals surface area contributed by atoms with E-state index in [-0.39, 0.29) is 5.69 Å². The summed E-state index contributed by atoms with van der Waals surface area (Å²) in [6, 6.07) is 1.88. The van der Waals surface area contributed by atoms with E-state index in [2.05, 4.69) is 9.72 Å². The van der Waals surface area contributed by atoms with Crippen LogP contribution in [0.3, 0.4) is 0 Å². The van der Waals surface area contributed by atoms with Crippen molar-refractivity contribution in [3.05, 3.63) is 23.5 Å². The van der Waals surface area contributed by atoms with Gasteiger partial charge in [-0.15, -0.1) is 0 Å². The summed E-state index contributed by atoms with van der Waals surface area (Å²) in [6.07, 6.45) is 4.08. The van der Waals surface area contributed by atoms with Crippen LogP contribution in [-0.4, -0.2) is 38.4 Å². The molecule has 1 aromatic rings. The molecule has 1 fully saturated rings.